The highest BCUT2D eigenvalue weighted by Gasteiger charge is 2.16. The molecule has 3 aromatic carbocycles. The Morgan fingerprint density at radius 3 is 2.52 bits per heavy atom. The minimum absolute atomic E-state index is 0.134. The number of nitrogens with zero attached hydrogens (tertiary/aromatic N) is 3. The standard InChI is InChI=1S/C24H14FN3O3/c25-19-11-10-17(24(30)31)13-21(19)28-22(12-9-15-5-7-16(14-26)8-6-15)27-20-4-2-1-3-18(20)23(28)29/h1-13H,(H,30,31)/b12-9+. The van der Waals surface area contributed by atoms with Crippen LogP contribution in [0.25, 0.3) is 28.7 Å². The Kier molecular flexibility index (Phi) is 5.12. The van der Waals surface area contributed by atoms with Crippen LogP contribution in [0.1, 0.15) is 27.3 Å². The van der Waals surface area contributed by atoms with Gasteiger partial charge >= 0.3 is 5.97 Å². The zero-order chi connectivity index (χ0) is 22.0. The van der Waals surface area contributed by atoms with Crippen molar-refractivity contribution in [2.75, 3.05) is 0 Å². The van der Waals surface area contributed by atoms with E-state index in [1.807, 2.05) is 6.07 Å². The number of carbonyl (C=O) groups is 1. The first-order valence-electron chi connectivity index (χ1n) is 9.21. The summed E-state index contributed by atoms with van der Waals surface area (Å²) in [6.07, 6.45) is 3.22. The summed E-state index contributed by atoms with van der Waals surface area (Å²) in [6, 6.07) is 18.7. The quantitative estimate of drug-likeness (QED) is 0.541. The van der Waals surface area contributed by atoms with E-state index in [2.05, 4.69) is 4.98 Å². The molecule has 4 aromatic rings. The third-order valence-electron chi connectivity index (χ3n) is 4.70. The number of nitriles is 1. The van der Waals surface area contributed by atoms with Crippen LogP contribution in [0.3, 0.4) is 0 Å². The molecule has 0 radical (unpaired) electrons. The maximum Gasteiger partial charge on any atom is 0.335 e. The van der Waals surface area contributed by atoms with Gasteiger partial charge in [-0.05, 0) is 54.1 Å². The van der Waals surface area contributed by atoms with E-state index in [0.717, 1.165) is 28.3 Å². The van der Waals surface area contributed by atoms with Crippen LogP contribution in [0, 0.1) is 17.1 Å². The molecule has 4 rings (SSSR count). The van der Waals surface area contributed by atoms with E-state index < -0.39 is 17.3 Å². The number of benzene rings is 3. The van der Waals surface area contributed by atoms with E-state index in [1.54, 1.807) is 60.7 Å². The second-order valence-electron chi connectivity index (χ2n) is 6.67. The highest BCUT2D eigenvalue weighted by Crippen LogP contribution is 2.19. The summed E-state index contributed by atoms with van der Waals surface area (Å²) in [5.41, 5.74) is 0.795. The molecule has 0 saturated carbocycles. The first kappa shape index (κ1) is 19.7. The summed E-state index contributed by atoms with van der Waals surface area (Å²) < 4.78 is 15.8. The minimum atomic E-state index is -1.24. The number of carboxylic acid groups (broad SMARTS) is 1. The van der Waals surface area contributed by atoms with Gasteiger partial charge in [0.15, 0.2) is 0 Å². The molecule has 0 fully saturated rings. The lowest BCUT2D eigenvalue weighted by molar-refractivity contribution is 0.0697. The van der Waals surface area contributed by atoms with Gasteiger partial charge in [-0.3, -0.25) is 9.36 Å². The molecule has 0 atom stereocenters. The van der Waals surface area contributed by atoms with Crippen LogP contribution >= 0.6 is 0 Å². The first-order chi connectivity index (χ1) is 15.0. The highest BCUT2D eigenvalue weighted by atomic mass is 19.1. The Morgan fingerprint density at radius 1 is 1.06 bits per heavy atom. The minimum Gasteiger partial charge on any atom is -0.478 e. The Hall–Kier alpha value is -4.57. The maximum atomic E-state index is 14.7. The van der Waals surface area contributed by atoms with Crippen molar-refractivity contribution >= 4 is 29.0 Å². The molecule has 0 saturated heterocycles. The number of aromatic carboxylic acids is 1. The van der Waals surface area contributed by atoms with Crippen LogP contribution in [0.15, 0.2) is 71.5 Å². The normalized spacial score (nSPS) is 11.0. The lowest BCUT2D eigenvalue weighted by atomic mass is 10.1. The van der Waals surface area contributed by atoms with Gasteiger partial charge in [0.1, 0.15) is 11.6 Å². The maximum absolute atomic E-state index is 14.7. The number of aromatic nitrogens is 2. The zero-order valence-electron chi connectivity index (χ0n) is 16.0. The smallest absolute Gasteiger partial charge is 0.335 e. The second-order valence-corrected chi connectivity index (χ2v) is 6.67. The summed E-state index contributed by atoms with van der Waals surface area (Å²) in [4.78, 5) is 29.1. The molecule has 0 unspecified atom stereocenters. The van der Waals surface area contributed by atoms with Crippen LogP contribution in [0.5, 0.6) is 0 Å². The monoisotopic (exact) mass is 411 g/mol. The van der Waals surface area contributed by atoms with Crippen molar-refractivity contribution in [3.05, 3.63) is 105 Å². The summed E-state index contributed by atoms with van der Waals surface area (Å²) in [5.74, 6) is -1.86. The van der Waals surface area contributed by atoms with E-state index in [4.69, 9.17) is 5.26 Å². The third kappa shape index (κ3) is 3.82. The SMILES string of the molecule is N#Cc1ccc(/C=C/c2nc3ccccc3c(=O)n2-c2cc(C(=O)O)ccc2F)cc1. The van der Waals surface area contributed by atoms with Crippen LogP contribution < -0.4 is 5.56 Å². The fourth-order valence-corrected chi connectivity index (χ4v) is 3.15. The molecule has 0 amide bonds. The fraction of sp³-hybridized carbons (Fsp3) is 0. The third-order valence-corrected chi connectivity index (χ3v) is 4.70. The van der Waals surface area contributed by atoms with E-state index in [1.165, 1.54) is 0 Å². The number of para-hydroxylation sites is 1. The van der Waals surface area contributed by atoms with Crippen LogP contribution in [0.4, 0.5) is 4.39 Å². The molecule has 0 aliphatic heterocycles. The van der Waals surface area contributed by atoms with E-state index >= 15 is 0 Å². The van der Waals surface area contributed by atoms with Gasteiger partial charge in [-0.15, -0.1) is 0 Å². The van der Waals surface area contributed by atoms with Gasteiger partial charge in [0, 0.05) is 0 Å². The van der Waals surface area contributed by atoms with Gasteiger partial charge in [-0.1, -0.05) is 30.3 Å². The molecule has 1 N–H and O–H groups in total. The van der Waals surface area contributed by atoms with Crippen molar-refractivity contribution in [2.24, 2.45) is 0 Å². The van der Waals surface area contributed by atoms with Crippen LogP contribution in [0.2, 0.25) is 0 Å². The lowest BCUT2D eigenvalue weighted by Crippen LogP contribution is -2.23. The molecule has 0 aliphatic rings. The molecule has 0 bridgehead atoms. The van der Waals surface area contributed by atoms with Crippen molar-refractivity contribution in [1.82, 2.24) is 9.55 Å². The average molecular weight is 411 g/mol. The van der Waals surface area contributed by atoms with Gasteiger partial charge in [0.05, 0.1) is 33.8 Å². The Morgan fingerprint density at radius 2 is 1.81 bits per heavy atom. The zero-order valence-corrected chi connectivity index (χ0v) is 16.0. The van der Waals surface area contributed by atoms with Gasteiger partial charge < -0.3 is 5.11 Å². The van der Waals surface area contributed by atoms with Crippen molar-refractivity contribution in [1.29, 1.82) is 5.26 Å². The van der Waals surface area contributed by atoms with Gasteiger partial charge in [0.25, 0.3) is 5.56 Å². The number of fused-ring (bicyclic) bond motifs is 1. The summed E-state index contributed by atoms with van der Waals surface area (Å²) in [6.45, 7) is 0. The van der Waals surface area contributed by atoms with Crippen molar-refractivity contribution < 1.29 is 14.3 Å². The molecule has 0 aliphatic carbocycles. The van der Waals surface area contributed by atoms with E-state index in [0.29, 0.717) is 11.1 Å². The average Bonchev–Trinajstić information content (AvgIpc) is 2.79. The molecule has 6 nitrogen and oxygen atoms in total. The van der Waals surface area contributed by atoms with E-state index in [9.17, 15) is 19.1 Å². The molecule has 0 spiro atoms. The number of halogens is 1. The Balaban J connectivity index is 1.95. The molecular formula is C24H14FN3O3. The predicted octanol–water partition coefficient (Wildman–Crippen LogP) is 4.27. The second kappa shape index (κ2) is 8.05. The number of rotatable bonds is 4. The van der Waals surface area contributed by atoms with Crippen LogP contribution in [-0.4, -0.2) is 20.6 Å². The molecule has 31 heavy (non-hydrogen) atoms. The molecular weight excluding hydrogens is 397 g/mol. The largest absolute Gasteiger partial charge is 0.478 e. The molecule has 7 heteroatoms. The first-order valence-corrected chi connectivity index (χ1v) is 9.21. The number of carboxylic acids is 1. The van der Waals surface area contributed by atoms with Gasteiger partial charge in [-0.25, -0.2) is 14.2 Å². The summed E-state index contributed by atoms with van der Waals surface area (Å²) in [5, 5.41) is 18.5. The van der Waals surface area contributed by atoms with E-state index in [-0.39, 0.29) is 22.5 Å². The topological polar surface area (TPSA) is 96.0 Å². The number of hydrogen-bond donors (Lipinski definition) is 1. The summed E-state index contributed by atoms with van der Waals surface area (Å²) in [7, 11) is 0. The molecule has 1 heterocycles. The Bertz CT molecular complexity index is 1450. The van der Waals surface area contributed by atoms with Gasteiger partial charge in [0.2, 0.25) is 0 Å². The van der Waals surface area contributed by atoms with Gasteiger partial charge in [-0.2, -0.15) is 5.26 Å². The Labute approximate surface area is 175 Å². The molecule has 1 aromatic heterocycles. The lowest BCUT2D eigenvalue weighted by Gasteiger charge is -2.13. The number of hydrogen-bond acceptors (Lipinski definition) is 4. The van der Waals surface area contributed by atoms with Crippen molar-refractivity contribution in [2.45, 2.75) is 0 Å². The highest BCUT2D eigenvalue weighted by molar-refractivity contribution is 5.88. The summed E-state index contributed by atoms with van der Waals surface area (Å²) >= 11 is 0. The predicted molar refractivity (Wildman–Crippen MR) is 114 cm³/mol. The van der Waals surface area contributed by atoms with Crippen molar-refractivity contribution in [3.63, 3.8) is 0 Å². The van der Waals surface area contributed by atoms with Crippen molar-refractivity contribution in [3.8, 4) is 11.8 Å². The van der Waals surface area contributed by atoms with Crippen LogP contribution in [-0.2, 0) is 0 Å². The fourth-order valence-electron chi connectivity index (χ4n) is 3.15. The molecule has 150 valence electrons.